The lowest BCUT2D eigenvalue weighted by molar-refractivity contribution is -0.119. The Morgan fingerprint density at radius 3 is 2.81 bits per heavy atom. The molecular weight excluding hydrogens is 247 g/mol. The van der Waals surface area contributed by atoms with Crippen LogP contribution in [0.1, 0.15) is 12.8 Å². The average molecular weight is 259 g/mol. The summed E-state index contributed by atoms with van der Waals surface area (Å²) in [5.41, 5.74) is 0.681. The summed E-state index contributed by atoms with van der Waals surface area (Å²) >= 11 is 11.8. The van der Waals surface area contributed by atoms with Crippen molar-refractivity contribution in [3.63, 3.8) is 0 Å². The Balaban J connectivity index is 1.88. The van der Waals surface area contributed by atoms with E-state index >= 15 is 0 Å². The van der Waals surface area contributed by atoms with E-state index in [0.717, 1.165) is 12.8 Å². The van der Waals surface area contributed by atoms with E-state index in [4.69, 9.17) is 23.2 Å². The van der Waals surface area contributed by atoms with Crippen LogP contribution in [0.2, 0.25) is 10.0 Å². The van der Waals surface area contributed by atoms with Gasteiger partial charge in [0.25, 0.3) is 0 Å². The van der Waals surface area contributed by atoms with Crippen molar-refractivity contribution in [3.8, 4) is 0 Å². The van der Waals surface area contributed by atoms with E-state index in [1.165, 1.54) is 0 Å². The summed E-state index contributed by atoms with van der Waals surface area (Å²) in [6.45, 7) is 0.219. The Labute approximate surface area is 104 Å². The van der Waals surface area contributed by atoms with Gasteiger partial charge in [-0.3, -0.25) is 4.79 Å². The summed E-state index contributed by atoms with van der Waals surface area (Å²) < 4.78 is 0. The van der Waals surface area contributed by atoms with Gasteiger partial charge in [-0.05, 0) is 25.0 Å². The topological polar surface area (TPSA) is 41.1 Å². The van der Waals surface area contributed by atoms with Crippen LogP contribution in [0, 0.1) is 0 Å². The maximum atomic E-state index is 11.4. The lowest BCUT2D eigenvalue weighted by Gasteiger charge is -2.09. The van der Waals surface area contributed by atoms with E-state index in [0.29, 0.717) is 21.8 Å². The third-order valence-corrected chi connectivity index (χ3v) is 3.15. The summed E-state index contributed by atoms with van der Waals surface area (Å²) in [5.74, 6) is -0.0152. The molecule has 0 spiro atoms. The van der Waals surface area contributed by atoms with Crippen LogP contribution in [0.5, 0.6) is 0 Å². The van der Waals surface area contributed by atoms with Crippen molar-refractivity contribution in [2.45, 2.75) is 18.9 Å². The highest BCUT2D eigenvalue weighted by molar-refractivity contribution is 6.43. The molecule has 1 amide bonds. The standard InChI is InChI=1S/C11H12Cl2N2O/c12-8-2-1-3-9(11(8)13)14-6-10(16)15-7-4-5-7/h1-3,7,14H,4-6H2,(H,15,16). The van der Waals surface area contributed by atoms with E-state index in [2.05, 4.69) is 10.6 Å². The number of halogens is 2. The molecule has 1 aromatic rings. The van der Waals surface area contributed by atoms with E-state index in [1.807, 2.05) is 0 Å². The SMILES string of the molecule is O=C(CNc1cccc(Cl)c1Cl)NC1CC1. The summed E-state index contributed by atoms with van der Waals surface area (Å²) in [7, 11) is 0. The molecule has 0 aliphatic heterocycles. The zero-order valence-corrected chi connectivity index (χ0v) is 10.1. The second-order valence-corrected chi connectivity index (χ2v) is 4.58. The molecule has 1 fully saturated rings. The number of carbonyl (C=O) groups is 1. The third kappa shape index (κ3) is 3.03. The number of nitrogens with one attached hydrogen (secondary N) is 2. The minimum atomic E-state index is -0.0152. The predicted molar refractivity (Wildman–Crippen MR) is 66.1 cm³/mol. The van der Waals surface area contributed by atoms with Crippen molar-refractivity contribution in [2.75, 3.05) is 11.9 Å². The summed E-state index contributed by atoms with van der Waals surface area (Å²) in [6, 6.07) is 5.66. The zero-order chi connectivity index (χ0) is 11.5. The lowest BCUT2D eigenvalue weighted by atomic mass is 10.3. The highest BCUT2D eigenvalue weighted by Crippen LogP contribution is 2.29. The first kappa shape index (κ1) is 11.6. The van der Waals surface area contributed by atoms with Crippen LogP contribution < -0.4 is 10.6 Å². The van der Waals surface area contributed by atoms with Gasteiger partial charge in [-0.15, -0.1) is 0 Å². The maximum absolute atomic E-state index is 11.4. The van der Waals surface area contributed by atoms with Crippen LogP contribution in [0.15, 0.2) is 18.2 Å². The molecule has 1 aliphatic rings. The zero-order valence-electron chi connectivity index (χ0n) is 8.59. The second kappa shape index (κ2) is 4.93. The van der Waals surface area contributed by atoms with Gasteiger partial charge in [0.2, 0.25) is 5.91 Å². The molecule has 1 aliphatic carbocycles. The number of amides is 1. The Bertz CT molecular complexity index is 405. The Morgan fingerprint density at radius 1 is 1.38 bits per heavy atom. The van der Waals surface area contributed by atoms with Crippen LogP contribution >= 0.6 is 23.2 Å². The molecule has 2 N–H and O–H groups in total. The Hall–Kier alpha value is -0.930. The monoisotopic (exact) mass is 258 g/mol. The predicted octanol–water partition coefficient (Wildman–Crippen LogP) is 2.68. The van der Waals surface area contributed by atoms with Gasteiger partial charge in [-0.1, -0.05) is 29.3 Å². The molecule has 0 radical (unpaired) electrons. The van der Waals surface area contributed by atoms with Crippen LogP contribution in [0.25, 0.3) is 0 Å². The summed E-state index contributed by atoms with van der Waals surface area (Å²) in [4.78, 5) is 11.4. The van der Waals surface area contributed by atoms with E-state index in [-0.39, 0.29) is 12.5 Å². The molecule has 0 atom stereocenters. The van der Waals surface area contributed by atoms with Gasteiger partial charge in [0.05, 0.1) is 22.3 Å². The molecule has 0 saturated heterocycles. The van der Waals surface area contributed by atoms with Gasteiger partial charge in [0.1, 0.15) is 0 Å². The van der Waals surface area contributed by atoms with Crippen molar-refractivity contribution >= 4 is 34.8 Å². The van der Waals surface area contributed by atoms with E-state index in [1.54, 1.807) is 18.2 Å². The van der Waals surface area contributed by atoms with Gasteiger partial charge in [-0.25, -0.2) is 0 Å². The number of carbonyl (C=O) groups excluding carboxylic acids is 1. The van der Waals surface area contributed by atoms with Crippen molar-refractivity contribution in [1.29, 1.82) is 0 Å². The fourth-order valence-electron chi connectivity index (χ4n) is 1.32. The molecule has 2 rings (SSSR count). The molecule has 0 unspecified atom stereocenters. The van der Waals surface area contributed by atoms with Gasteiger partial charge in [-0.2, -0.15) is 0 Å². The quantitative estimate of drug-likeness (QED) is 0.872. The number of benzene rings is 1. The molecule has 86 valence electrons. The van der Waals surface area contributed by atoms with E-state index < -0.39 is 0 Å². The fourth-order valence-corrected chi connectivity index (χ4v) is 1.69. The van der Waals surface area contributed by atoms with Crippen LogP contribution in [0.3, 0.4) is 0 Å². The highest BCUT2D eigenvalue weighted by Gasteiger charge is 2.22. The molecule has 3 nitrogen and oxygen atoms in total. The molecule has 0 aromatic heterocycles. The van der Waals surface area contributed by atoms with E-state index in [9.17, 15) is 4.79 Å². The molecule has 1 aromatic carbocycles. The smallest absolute Gasteiger partial charge is 0.239 e. The number of anilines is 1. The molecule has 5 heteroatoms. The van der Waals surface area contributed by atoms with Crippen molar-refractivity contribution < 1.29 is 4.79 Å². The number of hydrogen-bond acceptors (Lipinski definition) is 2. The Morgan fingerprint density at radius 2 is 2.12 bits per heavy atom. The molecule has 0 heterocycles. The molecule has 1 saturated carbocycles. The first-order valence-electron chi connectivity index (χ1n) is 5.14. The summed E-state index contributed by atoms with van der Waals surface area (Å²) in [6.07, 6.45) is 2.17. The lowest BCUT2D eigenvalue weighted by Crippen LogP contribution is -2.31. The first-order valence-corrected chi connectivity index (χ1v) is 5.89. The van der Waals surface area contributed by atoms with Crippen LogP contribution in [0.4, 0.5) is 5.69 Å². The minimum absolute atomic E-state index is 0.0152. The van der Waals surface area contributed by atoms with Gasteiger partial charge in [0, 0.05) is 6.04 Å². The van der Waals surface area contributed by atoms with Crippen molar-refractivity contribution in [3.05, 3.63) is 28.2 Å². The van der Waals surface area contributed by atoms with Crippen molar-refractivity contribution in [1.82, 2.24) is 5.32 Å². The summed E-state index contributed by atoms with van der Waals surface area (Å²) in [5, 5.41) is 6.77. The van der Waals surface area contributed by atoms with Crippen LogP contribution in [-0.2, 0) is 4.79 Å². The number of rotatable bonds is 4. The maximum Gasteiger partial charge on any atom is 0.239 e. The van der Waals surface area contributed by atoms with Gasteiger partial charge in [0.15, 0.2) is 0 Å². The largest absolute Gasteiger partial charge is 0.375 e. The normalized spacial score (nSPS) is 14.6. The third-order valence-electron chi connectivity index (χ3n) is 2.33. The first-order chi connectivity index (χ1) is 7.66. The molecule has 0 bridgehead atoms. The second-order valence-electron chi connectivity index (χ2n) is 3.80. The minimum Gasteiger partial charge on any atom is -0.375 e. The Kier molecular flexibility index (Phi) is 3.56. The van der Waals surface area contributed by atoms with Gasteiger partial charge < -0.3 is 10.6 Å². The molecular formula is C11H12Cl2N2O. The molecule has 16 heavy (non-hydrogen) atoms. The van der Waals surface area contributed by atoms with Crippen LogP contribution in [-0.4, -0.2) is 18.5 Å². The fraction of sp³-hybridized carbons (Fsp3) is 0.364. The number of hydrogen-bond donors (Lipinski definition) is 2. The van der Waals surface area contributed by atoms with Gasteiger partial charge >= 0.3 is 0 Å². The van der Waals surface area contributed by atoms with Crippen molar-refractivity contribution in [2.24, 2.45) is 0 Å². The highest BCUT2D eigenvalue weighted by atomic mass is 35.5. The average Bonchev–Trinajstić information content (AvgIpc) is 3.04.